The topological polar surface area (TPSA) is 21.3 Å². The Morgan fingerprint density at radius 3 is 2.53 bits per heavy atom. The second-order valence-corrected chi connectivity index (χ2v) is 4.80. The molecule has 100 valence electrons. The van der Waals surface area contributed by atoms with Crippen molar-refractivity contribution in [3.05, 3.63) is 57.8 Å². The van der Waals surface area contributed by atoms with Crippen molar-refractivity contribution in [2.24, 2.45) is 0 Å². The lowest BCUT2D eigenvalue weighted by Gasteiger charge is -2.12. The smallest absolute Gasteiger partial charge is 0.146 e. The third kappa shape index (κ3) is 3.60. The number of ether oxygens (including phenoxy) is 1. The Bertz CT molecular complexity index is 590. The van der Waals surface area contributed by atoms with Crippen molar-refractivity contribution < 1.29 is 9.13 Å². The van der Waals surface area contributed by atoms with E-state index >= 15 is 0 Å². The van der Waals surface area contributed by atoms with Crippen molar-refractivity contribution in [3.8, 4) is 11.5 Å². The summed E-state index contributed by atoms with van der Waals surface area (Å²) in [5.74, 6) is 0.638. The molecule has 2 aromatic carbocycles. The van der Waals surface area contributed by atoms with Crippen LogP contribution in [0.4, 0.5) is 4.39 Å². The van der Waals surface area contributed by atoms with Gasteiger partial charge in [0.1, 0.15) is 17.3 Å². The summed E-state index contributed by atoms with van der Waals surface area (Å²) in [6.45, 7) is 0.606. The van der Waals surface area contributed by atoms with E-state index in [4.69, 9.17) is 27.9 Å². The van der Waals surface area contributed by atoms with Crippen LogP contribution in [0.25, 0.3) is 0 Å². The number of hydrogen-bond donors (Lipinski definition) is 1. The minimum atomic E-state index is -0.399. The highest BCUT2D eigenvalue weighted by atomic mass is 35.5. The van der Waals surface area contributed by atoms with E-state index in [2.05, 4.69) is 5.32 Å². The zero-order valence-corrected chi connectivity index (χ0v) is 11.7. The van der Waals surface area contributed by atoms with Crippen molar-refractivity contribution >= 4 is 23.2 Å². The van der Waals surface area contributed by atoms with Gasteiger partial charge in [0.2, 0.25) is 0 Å². The van der Waals surface area contributed by atoms with Gasteiger partial charge in [-0.1, -0.05) is 23.2 Å². The van der Waals surface area contributed by atoms with E-state index < -0.39 is 5.82 Å². The van der Waals surface area contributed by atoms with Crippen LogP contribution in [0.2, 0.25) is 10.0 Å². The Morgan fingerprint density at radius 2 is 1.84 bits per heavy atom. The molecule has 0 heterocycles. The summed E-state index contributed by atoms with van der Waals surface area (Å²) >= 11 is 11.9. The molecule has 1 N–H and O–H groups in total. The molecule has 0 aliphatic rings. The molecule has 0 amide bonds. The molecule has 0 aromatic heterocycles. The summed E-state index contributed by atoms with van der Waals surface area (Å²) in [5, 5.41) is 3.88. The molecule has 2 aromatic rings. The van der Waals surface area contributed by atoms with Crippen LogP contribution < -0.4 is 10.1 Å². The van der Waals surface area contributed by atoms with Crippen molar-refractivity contribution in [2.45, 2.75) is 6.54 Å². The Kier molecular flexibility index (Phi) is 4.64. The first kappa shape index (κ1) is 14.1. The normalized spacial score (nSPS) is 10.5. The van der Waals surface area contributed by atoms with E-state index in [0.717, 1.165) is 5.56 Å². The van der Waals surface area contributed by atoms with Crippen LogP contribution in [0.1, 0.15) is 5.56 Å². The van der Waals surface area contributed by atoms with Gasteiger partial charge in [-0.3, -0.25) is 0 Å². The molecule has 0 saturated carbocycles. The fourth-order valence-corrected chi connectivity index (χ4v) is 2.05. The predicted octanol–water partition coefficient (Wildman–Crippen LogP) is 4.64. The minimum Gasteiger partial charge on any atom is -0.455 e. The van der Waals surface area contributed by atoms with Gasteiger partial charge in [0.25, 0.3) is 0 Å². The van der Waals surface area contributed by atoms with E-state index in [1.165, 1.54) is 18.2 Å². The van der Waals surface area contributed by atoms with Crippen molar-refractivity contribution in [1.29, 1.82) is 0 Å². The average Bonchev–Trinajstić information content (AvgIpc) is 2.36. The molecule has 0 aliphatic heterocycles. The summed E-state index contributed by atoms with van der Waals surface area (Å²) in [7, 11) is 1.83. The highest BCUT2D eigenvalue weighted by Gasteiger charge is 2.09. The monoisotopic (exact) mass is 299 g/mol. The zero-order chi connectivity index (χ0) is 13.8. The summed E-state index contributed by atoms with van der Waals surface area (Å²) < 4.78 is 18.7. The van der Waals surface area contributed by atoms with E-state index in [1.807, 2.05) is 13.1 Å². The van der Waals surface area contributed by atoms with Gasteiger partial charge < -0.3 is 10.1 Å². The summed E-state index contributed by atoms with van der Waals surface area (Å²) in [6.07, 6.45) is 0. The van der Waals surface area contributed by atoms with E-state index in [1.54, 1.807) is 12.1 Å². The van der Waals surface area contributed by atoms with Gasteiger partial charge in [-0.15, -0.1) is 0 Å². The quantitative estimate of drug-likeness (QED) is 0.888. The zero-order valence-electron chi connectivity index (χ0n) is 10.2. The maximum absolute atomic E-state index is 13.0. The van der Waals surface area contributed by atoms with Crippen LogP contribution in [-0.2, 0) is 6.54 Å². The van der Waals surface area contributed by atoms with E-state index in [9.17, 15) is 4.39 Å². The van der Waals surface area contributed by atoms with E-state index in [-0.39, 0.29) is 5.02 Å². The van der Waals surface area contributed by atoms with Gasteiger partial charge >= 0.3 is 0 Å². The average molecular weight is 300 g/mol. The van der Waals surface area contributed by atoms with Crippen LogP contribution in [0.15, 0.2) is 36.4 Å². The van der Waals surface area contributed by atoms with Gasteiger partial charge in [-0.2, -0.15) is 0 Å². The minimum absolute atomic E-state index is 0.227. The third-order valence-electron chi connectivity index (χ3n) is 2.50. The number of benzene rings is 2. The summed E-state index contributed by atoms with van der Waals surface area (Å²) in [6, 6.07) is 9.31. The summed E-state index contributed by atoms with van der Waals surface area (Å²) in [4.78, 5) is 0. The lowest BCUT2D eigenvalue weighted by molar-refractivity contribution is 0.472. The molecule has 0 unspecified atom stereocenters. The lowest BCUT2D eigenvalue weighted by Crippen LogP contribution is -2.06. The molecule has 5 heteroatoms. The lowest BCUT2D eigenvalue weighted by atomic mass is 10.2. The molecule has 0 saturated heterocycles. The Labute approximate surface area is 121 Å². The molecule has 0 atom stereocenters. The fourth-order valence-electron chi connectivity index (χ4n) is 1.65. The Morgan fingerprint density at radius 1 is 1.11 bits per heavy atom. The van der Waals surface area contributed by atoms with Crippen LogP contribution >= 0.6 is 23.2 Å². The molecule has 0 fully saturated rings. The van der Waals surface area contributed by atoms with Gasteiger partial charge in [-0.25, -0.2) is 4.39 Å². The molecular formula is C14H12Cl2FNO. The largest absolute Gasteiger partial charge is 0.455 e. The van der Waals surface area contributed by atoms with Crippen LogP contribution in [0, 0.1) is 5.82 Å². The van der Waals surface area contributed by atoms with Crippen molar-refractivity contribution in [3.63, 3.8) is 0 Å². The Hall–Kier alpha value is -1.29. The number of hydrogen-bond acceptors (Lipinski definition) is 2. The first-order valence-corrected chi connectivity index (χ1v) is 6.41. The highest BCUT2D eigenvalue weighted by Crippen LogP contribution is 2.32. The van der Waals surface area contributed by atoms with Gasteiger partial charge in [0.05, 0.1) is 5.02 Å². The third-order valence-corrected chi connectivity index (χ3v) is 3.03. The van der Waals surface area contributed by atoms with Crippen LogP contribution in [-0.4, -0.2) is 7.05 Å². The van der Waals surface area contributed by atoms with Gasteiger partial charge in [0.15, 0.2) is 0 Å². The maximum atomic E-state index is 13.0. The van der Waals surface area contributed by atoms with E-state index in [0.29, 0.717) is 23.1 Å². The SMILES string of the molecule is CNCc1cc(Cl)ccc1Oc1ccc(F)cc1Cl. The standard InChI is InChI=1S/C14H12Cl2FNO/c1-18-8-9-6-10(15)2-4-13(9)19-14-5-3-11(17)7-12(14)16/h2-7,18H,8H2,1H3. The second kappa shape index (κ2) is 6.24. The molecule has 2 nitrogen and oxygen atoms in total. The molecular weight excluding hydrogens is 288 g/mol. The predicted molar refractivity (Wildman–Crippen MR) is 75.7 cm³/mol. The first-order valence-electron chi connectivity index (χ1n) is 5.66. The first-order chi connectivity index (χ1) is 9.10. The van der Waals surface area contributed by atoms with Crippen LogP contribution in [0.3, 0.4) is 0 Å². The molecule has 2 rings (SSSR count). The van der Waals surface area contributed by atoms with Crippen molar-refractivity contribution in [1.82, 2.24) is 5.32 Å². The maximum Gasteiger partial charge on any atom is 0.146 e. The number of halogens is 3. The molecule has 19 heavy (non-hydrogen) atoms. The summed E-state index contributed by atoms with van der Waals surface area (Å²) in [5.41, 5.74) is 0.899. The highest BCUT2D eigenvalue weighted by molar-refractivity contribution is 6.32. The van der Waals surface area contributed by atoms with Crippen LogP contribution in [0.5, 0.6) is 11.5 Å². The number of rotatable bonds is 4. The van der Waals surface area contributed by atoms with Gasteiger partial charge in [-0.05, 0) is 43.4 Å². The number of nitrogens with one attached hydrogen (secondary N) is 1. The molecule has 0 bridgehead atoms. The van der Waals surface area contributed by atoms with Gasteiger partial charge in [0, 0.05) is 17.1 Å². The molecule has 0 aliphatic carbocycles. The fraction of sp³-hybridized carbons (Fsp3) is 0.143. The molecule has 0 spiro atoms. The second-order valence-electron chi connectivity index (χ2n) is 3.96. The Balaban J connectivity index is 2.32. The molecule has 0 radical (unpaired) electrons. The van der Waals surface area contributed by atoms with Crippen molar-refractivity contribution in [2.75, 3.05) is 7.05 Å².